The molecule has 0 spiro atoms. The van der Waals surface area contributed by atoms with Gasteiger partial charge in [0, 0.05) is 12.2 Å². The summed E-state index contributed by atoms with van der Waals surface area (Å²) in [5.74, 6) is -0.279. The molecule has 0 radical (unpaired) electrons. The van der Waals surface area contributed by atoms with Crippen molar-refractivity contribution in [1.29, 1.82) is 0 Å². The largest absolute Gasteiger partial charge is 0.370 e. The van der Waals surface area contributed by atoms with Gasteiger partial charge in [0.2, 0.25) is 0 Å². The van der Waals surface area contributed by atoms with Gasteiger partial charge < -0.3 is 15.0 Å². The molecule has 2 aromatic rings. The number of carbonyl (C=O) groups is 1. The van der Waals surface area contributed by atoms with E-state index in [1.807, 2.05) is 31.2 Å². The summed E-state index contributed by atoms with van der Waals surface area (Å²) in [6, 6.07) is 13.7. The van der Waals surface area contributed by atoms with E-state index in [1.54, 1.807) is 17.0 Å². The maximum atomic E-state index is 13.0. The Bertz CT molecular complexity index is 670. The number of halogens is 1. The van der Waals surface area contributed by atoms with Crippen molar-refractivity contribution in [2.45, 2.75) is 13.0 Å². The van der Waals surface area contributed by atoms with Crippen molar-refractivity contribution in [3.63, 3.8) is 0 Å². The number of hydrogen-bond donors (Lipinski definition) is 1. The second-order valence-electron chi connectivity index (χ2n) is 5.65. The molecule has 1 aliphatic heterocycles. The Morgan fingerprint density at radius 2 is 1.87 bits per heavy atom. The fourth-order valence-electron chi connectivity index (χ4n) is 2.55. The number of benzene rings is 2. The number of urea groups is 1. The van der Waals surface area contributed by atoms with Gasteiger partial charge in [-0.2, -0.15) is 0 Å². The van der Waals surface area contributed by atoms with Gasteiger partial charge in [0.25, 0.3) is 0 Å². The van der Waals surface area contributed by atoms with Crippen LogP contribution in [0.2, 0.25) is 0 Å². The molecule has 3 rings (SSSR count). The van der Waals surface area contributed by atoms with Gasteiger partial charge in [0.05, 0.1) is 13.2 Å². The lowest BCUT2D eigenvalue weighted by atomic mass is 10.1. The number of hydrogen-bond acceptors (Lipinski definition) is 2. The molecule has 1 aliphatic rings. The molecule has 23 heavy (non-hydrogen) atoms. The van der Waals surface area contributed by atoms with Gasteiger partial charge in [-0.3, -0.25) is 0 Å². The highest BCUT2D eigenvalue weighted by Crippen LogP contribution is 2.23. The molecule has 0 saturated carbocycles. The third-order valence-corrected chi connectivity index (χ3v) is 3.90. The highest BCUT2D eigenvalue weighted by molar-refractivity contribution is 5.89. The molecular formula is C18H19FN2O2. The van der Waals surface area contributed by atoms with Crippen molar-refractivity contribution in [2.75, 3.05) is 25.0 Å². The van der Waals surface area contributed by atoms with E-state index in [2.05, 4.69) is 5.32 Å². The van der Waals surface area contributed by atoms with Gasteiger partial charge in [0.15, 0.2) is 0 Å². The van der Waals surface area contributed by atoms with Gasteiger partial charge in [-0.25, -0.2) is 9.18 Å². The zero-order valence-corrected chi connectivity index (χ0v) is 13.0. The number of carbonyl (C=O) groups excluding carboxylic acids is 1. The van der Waals surface area contributed by atoms with E-state index in [0.29, 0.717) is 19.7 Å². The van der Waals surface area contributed by atoms with E-state index in [9.17, 15) is 9.18 Å². The van der Waals surface area contributed by atoms with Crippen molar-refractivity contribution in [3.8, 4) is 0 Å². The zero-order valence-electron chi connectivity index (χ0n) is 13.0. The monoisotopic (exact) mass is 314 g/mol. The third kappa shape index (κ3) is 3.87. The predicted octanol–water partition coefficient (Wildman–Crippen LogP) is 3.74. The van der Waals surface area contributed by atoms with Crippen LogP contribution < -0.4 is 5.32 Å². The third-order valence-electron chi connectivity index (χ3n) is 3.90. The second-order valence-corrected chi connectivity index (χ2v) is 5.65. The smallest absolute Gasteiger partial charge is 0.322 e. The molecule has 2 aromatic carbocycles. The van der Waals surface area contributed by atoms with Crippen LogP contribution in [0.1, 0.15) is 17.2 Å². The van der Waals surface area contributed by atoms with Crippen molar-refractivity contribution in [1.82, 2.24) is 4.90 Å². The number of nitrogens with one attached hydrogen (secondary N) is 1. The van der Waals surface area contributed by atoms with Crippen LogP contribution in [0.4, 0.5) is 14.9 Å². The number of ether oxygens (including phenoxy) is 1. The van der Waals surface area contributed by atoms with E-state index in [-0.39, 0.29) is 18.0 Å². The fraction of sp³-hybridized carbons (Fsp3) is 0.278. The van der Waals surface area contributed by atoms with Crippen LogP contribution in [0.25, 0.3) is 0 Å². The highest BCUT2D eigenvalue weighted by atomic mass is 19.1. The Kier molecular flexibility index (Phi) is 4.57. The Hall–Kier alpha value is -2.40. The predicted molar refractivity (Wildman–Crippen MR) is 86.9 cm³/mol. The Morgan fingerprint density at radius 1 is 1.17 bits per heavy atom. The van der Waals surface area contributed by atoms with E-state index >= 15 is 0 Å². The molecule has 5 heteroatoms. The van der Waals surface area contributed by atoms with Gasteiger partial charge in [-0.15, -0.1) is 0 Å². The van der Waals surface area contributed by atoms with Crippen LogP contribution in [0, 0.1) is 12.7 Å². The van der Waals surface area contributed by atoms with Crippen molar-refractivity contribution < 1.29 is 13.9 Å². The quantitative estimate of drug-likeness (QED) is 0.917. The summed E-state index contributed by atoms with van der Waals surface area (Å²) in [6.07, 6.45) is -0.229. The number of anilines is 1. The standard InChI is InChI=1S/C18H19FN2O2/c1-13-2-8-16(9-3-13)20-18(22)21-10-11-23-17(12-21)14-4-6-15(19)7-5-14/h2-9,17H,10-12H2,1H3,(H,20,22). The van der Waals surface area contributed by atoms with Gasteiger partial charge >= 0.3 is 6.03 Å². The summed E-state index contributed by atoms with van der Waals surface area (Å²) in [7, 11) is 0. The molecule has 1 fully saturated rings. The molecule has 1 saturated heterocycles. The highest BCUT2D eigenvalue weighted by Gasteiger charge is 2.25. The number of nitrogens with zero attached hydrogens (tertiary/aromatic N) is 1. The van der Waals surface area contributed by atoms with Crippen molar-refractivity contribution in [2.24, 2.45) is 0 Å². The maximum absolute atomic E-state index is 13.0. The summed E-state index contributed by atoms with van der Waals surface area (Å²) < 4.78 is 18.7. The van der Waals surface area contributed by atoms with Crippen LogP contribution in [-0.4, -0.2) is 30.6 Å². The second kappa shape index (κ2) is 6.79. The number of rotatable bonds is 2. The molecule has 0 aromatic heterocycles. The van der Waals surface area contributed by atoms with E-state index in [0.717, 1.165) is 16.8 Å². The zero-order chi connectivity index (χ0) is 16.2. The molecule has 1 heterocycles. The molecule has 120 valence electrons. The Labute approximate surface area is 134 Å². The first-order valence-electron chi connectivity index (χ1n) is 7.61. The van der Waals surface area contributed by atoms with Crippen molar-refractivity contribution in [3.05, 3.63) is 65.5 Å². The van der Waals surface area contributed by atoms with Crippen LogP contribution in [0.5, 0.6) is 0 Å². The molecule has 2 amide bonds. The van der Waals surface area contributed by atoms with Crippen LogP contribution >= 0.6 is 0 Å². The minimum atomic E-state index is -0.279. The molecule has 4 nitrogen and oxygen atoms in total. The molecule has 0 bridgehead atoms. The van der Waals surface area contributed by atoms with Gasteiger partial charge in [0.1, 0.15) is 11.9 Å². The normalized spacial score (nSPS) is 17.8. The Morgan fingerprint density at radius 3 is 2.57 bits per heavy atom. The number of morpholine rings is 1. The first kappa shape index (κ1) is 15.5. The van der Waals surface area contributed by atoms with Gasteiger partial charge in [-0.1, -0.05) is 29.8 Å². The van der Waals surface area contributed by atoms with Crippen molar-refractivity contribution >= 4 is 11.7 Å². The first-order valence-corrected chi connectivity index (χ1v) is 7.61. The average Bonchev–Trinajstić information content (AvgIpc) is 2.58. The minimum absolute atomic E-state index is 0.149. The van der Waals surface area contributed by atoms with E-state index in [1.165, 1.54) is 12.1 Å². The van der Waals surface area contributed by atoms with Crippen LogP contribution in [0.3, 0.4) is 0 Å². The summed E-state index contributed by atoms with van der Waals surface area (Å²) in [4.78, 5) is 14.1. The molecule has 1 atom stereocenters. The van der Waals surface area contributed by atoms with Crippen LogP contribution in [0.15, 0.2) is 48.5 Å². The first-order chi connectivity index (χ1) is 11.1. The van der Waals surface area contributed by atoms with E-state index in [4.69, 9.17) is 4.74 Å². The molecule has 1 unspecified atom stereocenters. The number of aryl methyl sites for hydroxylation is 1. The lowest BCUT2D eigenvalue weighted by Gasteiger charge is -2.33. The summed E-state index contributed by atoms with van der Waals surface area (Å²) >= 11 is 0. The molecule has 1 N–H and O–H groups in total. The van der Waals surface area contributed by atoms with Crippen LogP contribution in [-0.2, 0) is 4.74 Å². The average molecular weight is 314 g/mol. The number of amides is 2. The fourth-order valence-corrected chi connectivity index (χ4v) is 2.55. The maximum Gasteiger partial charge on any atom is 0.322 e. The topological polar surface area (TPSA) is 41.6 Å². The van der Waals surface area contributed by atoms with Gasteiger partial charge in [-0.05, 0) is 36.8 Å². The lowest BCUT2D eigenvalue weighted by Crippen LogP contribution is -2.44. The lowest BCUT2D eigenvalue weighted by molar-refractivity contribution is -0.0135. The minimum Gasteiger partial charge on any atom is -0.370 e. The summed E-state index contributed by atoms with van der Waals surface area (Å²) in [6.45, 7) is 3.45. The SMILES string of the molecule is Cc1ccc(NC(=O)N2CCOC(c3ccc(F)cc3)C2)cc1. The molecule has 0 aliphatic carbocycles. The Balaban J connectivity index is 1.64. The summed E-state index contributed by atoms with van der Waals surface area (Å²) in [5, 5.41) is 2.89. The summed E-state index contributed by atoms with van der Waals surface area (Å²) in [5.41, 5.74) is 2.79. The molecular weight excluding hydrogens is 295 g/mol. The van der Waals surface area contributed by atoms with E-state index < -0.39 is 0 Å².